The van der Waals surface area contributed by atoms with Crippen LogP contribution in [-0.2, 0) is 9.53 Å². The number of hydrogen-bond donors (Lipinski definition) is 2. The molecule has 1 aliphatic heterocycles. The molecule has 1 saturated carbocycles. The molecule has 1 aliphatic carbocycles. The van der Waals surface area contributed by atoms with Gasteiger partial charge in [0.05, 0.1) is 12.7 Å². The molecule has 20 heavy (non-hydrogen) atoms. The van der Waals surface area contributed by atoms with Crippen molar-refractivity contribution in [1.82, 2.24) is 10.6 Å². The van der Waals surface area contributed by atoms with Gasteiger partial charge in [0.15, 0.2) is 0 Å². The maximum Gasteiger partial charge on any atom is 0.222 e. The van der Waals surface area contributed by atoms with Crippen molar-refractivity contribution in [2.75, 3.05) is 32.5 Å². The van der Waals surface area contributed by atoms with Crippen molar-refractivity contribution in [2.45, 2.75) is 55.8 Å². The number of nitrogens with one attached hydrogen (secondary N) is 2. The average molecular weight is 300 g/mol. The highest BCUT2D eigenvalue weighted by molar-refractivity contribution is 8.00. The predicted molar refractivity (Wildman–Crippen MR) is 84.2 cm³/mol. The average Bonchev–Trinajstić information content (AvgIpc) is 2.96. The molecule has 0 atom stereocenters. The Morgan fingerprint density at radius 3 is 2.70 bits per heavy atom. The number of thioether (sulfide) groups is 1. The molecule has 0 aromatic carbocycles. The van der Waals surface area contributed by atoms with Gasteiger partial charge in [-0.25, -0.2) is 0 Å². The Bertz CT molecular complexity index is 300. The molecule has 0 unspecified atom stereocenters. The highest BCUT2D eigenvalue weighted by Gasteiger charge is 2.33. The van der Waals surface area contributed by atoms with Crippen molar-refractivity contribution in [2.24, 2.45) is 0 Å². The van der Waals surface area contributed by atoms with Gasteiger partial charge < -0.3 is 15.4 Å². The lowest BCUT2D eigenvalue weighted by Crippen LogP contribution is -2.39. The molecule has 0 bridgehead atoms. The molecule has 0 spiro atoms. The molecule has 2 aliphatic rings. The molecule has 2 fully saturated rings. The molecule has 2 N–H and O–H groups in total. The van der Waals surface area contributed by atoms with Gasteiger partial charge >= 0.3 is 0 Å². The molecule has 1 saturated heterocycles. The quantitative estimate of drug-likeness (QED) is 0.754. The second-order valence-corrected chi connectivity index (χ2v) is 7.22. The van der Waals surface area contributed by atoms with Crippen molar-refractivity contribution in [3.63, 3.8) is 0 Å². The van der Waals surface area contributed by atoms with Crippen LogP contribution in [-0.4, -0.2) is 49.3 Å². The molecule has 0 aromatic rings. The maximum atomic E-state index is 11.9. The van der Waals surface area contributed by atoms with E-state index in [1.165, 1.54) is 25.7 Å². The molecule has 0 aromatic heterocycles. The fourth-order valence-electron chi connectivity index (χ4n) is 3.10. The Hall–Kier alpha value is -0.260. The van der Waals surface area contributed by atoms with Gasteiger partial charge in [-0.15, -0.1) is 0 Å². The lowest BCUT2D eigenvalue weighted by Gasteiger charge is -2.27. The zero-order chi connectivity index (χ0) is 14.3. The highest BCUT2D eigenvalue weighted by Crippen LogP contribution is 2.39. The van der Waals surface area contributed by atoms with E-state index in [-0.39, 0.29) is 5.91 Å². The molecular weight excluding hydrogens is 272 g/mol. The second kappa shape index (κ2) is 8.25. The minimum absolute atomic E-state index is 0.138. The maximum absolute atomic E-state index is 11.9. The Morgan fingerprint density at radius 1 is 1.35 bits per heavy atom. The fraction of sp³-hybridized carbons (Fsp3) is 0.933. The van der Waals surface area contributed by atoms with Gasteiger partial charge in [0.25, 0.3) is 0 Å². The third kappa shape index (κ3) is 4.93. The van der Waals surface area contributed by atoms with Crippen LogP contribution in [0.5, 0.6) is 0 Å². The van der Waals surface area contributed by atoms with Gasteiger partial charge in [-0.2, -0.15) is 11.8 Å². The summed E-state index contributed by atoms with van der Waals surface area (Å²) in [6.07, 6.45) is 10.2. The van der Waals surface area contributed by atoms with Crippen LogP contribution in [0.2, 0.25) is 0 Å². The number of piperidine rings is 1. The molecule has 1 amide bonds. The van der Waals surface area contributed by atoms with Crippen LogP contribution in [0.4, 0.5) is 0 Å². The van der Waals surface area contributed by atoms with Crippen LogP contribution >= 0.6 is 11.8 Å². The van der Waals surface area contributed by atoms with Gasteiger partial charge in [0, 0.05) is 17.7 Å². The molecular formula is C15H28N2O2S. The first-order valence-corrected chi connectivity index (χ1v) is 9.11. The molecule has 4 nitrogen and oxygen atoms in total. The normalized spacial score (nSPS) is 22.9. The Balaban J connectivity index is 1.58. The number of carbonyl (C=O) groups is 1. The van der Waals surface area contributed by atoms with Crippen molar-refractivity contribution in [3.05, 3.63) is 0 Å². The lowest BCUT2D eigenvalue weighted by atomic mass is 10.1. The summed E-state index contributed by atoms with van der Waals surface area (Å²) in [6, 6.07) is 0. The highest BCUT2D eigenvalue weighted by atomic mass is 32.2. The van der Waals surface area contributed by atoms with E-state index in [4.69, 9.17) is 4.74 Å². The number of amides is 1. The standard InChI is InChI=1S/C15H28N2O2S/c1-20-15(7-2-3-8-15)12-17-14(18)6-11-19-13-4-9-16-10-5-13/h13,16H,2-12H2,1H3,(H,17,18). The van der Waals surface area contributed by atoms with E-state index in [0.717, 1.165) is 32.5 Å². The van der Waals surface area contributed by atoms with Crippen molar-refractivity contribution in [1.29, 1.82) is 0 Å². The van der Waals surface area contributed by atoms with E-state index >= 15 is 0 Å². The lowest BCUT2D eigenvalue weighted by molar-refractivity contribution is -0.122. The third-order valence-electron chi connectivity index (χ3n) is 4.52. The zero-order valence-electron chi connectivity index (χ0n) is 12.6. The first-order valence-electron chi connectivity index (χ1n) is 7.88. The SMILES string of the molecule is CSC1(CNC(=O)CCOC2CCNCC2)CCCC1. The van der Waals surface area contributed by atoms with Gasteiger partial charge in [-0.1, -0.05) is 12.8 Å². The van der Waals surface area contributed by atoms with E-state index in [0.29, 0.717) is 23.9 Å². The van der Waals surface area contributed by atoms with Crippen LogP contribution < -0.4 is 10.6 Å². The molecule has 1 heterocycles. The summed E-state index contributed by atoms with van der Waals surface area (Å²) in [6.45, 7) is 3.45. The zero-order valence-corrected chi connectivity index (χ0v) is 13.4. The molecule has 116 valence electrons. The molecule has 5 heteroatoms. The first-order chi connectivity index (χ1) is 9.74. The van der Waals surface area contributed by atoms with Crippen LogP contribution in [0, 0.1) is 0 Å². The summed E-state index contributed by atoms with van der Waals surface area (Å²) in [7, 11) is 0. The number of hydrogen-bond acceptors (Lipinski definition) is 4. The minimum Gasteiger partial charge on any atom is -0.378 e. The summed E-state index contributed by atoms with van der Waals surface area (Å²) < 4.78 is 6.07. The molecule has 0 radical (unpaired) electrons. The monoisotopic (exact) mass is 300 g/mol. The summed E-state index contributed by atoms with van der Waals surface area (Å²) in [4.78, 5) is 11.9. The smallest absolute Gasteiger partial charge is 0.222 e. The van der Waals surface area contributed by atoms with E-state index in [9.17, 15) is 4.79 Å². The topological polar surface area (TPSA) is 50.4 Å². The van der Waals surface area contributed by atoms with Crippen LogP contribution in [0.15, 0.2) is 0 Å². The number of rotatable bonds is 7. The first kappa shape index (κ1) is 16.1. The van der Waals surface area contributed by atoms with Gasteiger partial charge in [-0.05, 0) is 45.0 Å². The van der Waals surface area contributed by atoms with E-state index in [2.05, 4.69) is 16.9 Å². The van der Waals surface area contributed by atoms with Crippen LogP contribution in [0.25, 0.3) is 0 Å². The Kier molecular flexibility index (Phi) is 6.65. The minimum atomic E-state index is 0.138. The predicted octanol–water partition coefficient (Wildman–Crippen LogP) is 1.94. The number of carbonyl (C=O) groups excluding carboxylic acids is 1. The van der Waals surface area contributed by atoms with Crippen LogP contribution in [0.3, 0.4) is 0 Å². The third-order valence-corrected chi connectivity index (χ3v) is 5.94. The van der Waals surface area contributed by atoms with Gasteiger partial charge in [0.1, 0.15) is 0 Å². The Morgan fingerprint density at radius 2 is 2.05 bits per heavy atom. The summed E-state index contributed by atoms with van der Waals surface area (Å²) in [5, 5.41) is 6.42. The Labute approximate surface area is 126 Å². The molecule has 2 rings (SSSR count). The van der Waals surface area contributed by atoms with Crippen molar-refractivity contribution in [3.8, 4) is 0 Å². The summed E-state index contributed by atoms with van der Waals surface area (Å²) in [5.74, 6) is 0.138. The summed E-state index contributed by atoms with van der Waals surface area (Å²) >= 11 is 1.92. The van der Waals surface area contributed by atoms with Crippen molar-refractivity contribution >= 4 is 17.7 Å². The largest absolute Gasteiger partial charge is 0.378 e. The number of ether oxygens (including phenoxy) is 1. The van der Waals surface area contributed by atoms with E-state index in [1.807, 2.05) is 11.8 Å². The second-order valence-electron chi connectivity index (χ2n) is 5.94. The van der Waals surface area contributed by atoms with Gasteiger partial charge in [0.2, 0.25) is 5.91 Å². The fourth-order valence-corrected chi connectivity index (χ4v) is 4.01. The van der Waals surface area contributed by atoms with E-state index in [1.54, 1.807) is 0 Å². The van der Waals surface area contributed by atoms with Crippen molar-refractivity contribution < 1.29 is 9.53 Å². The van der Waals surface area contributed by atoms with Crippen LogP contribution in [0.1, 0.15) is 44.9 Å². The van der Waals surface area contributed by atoms with E-state index < -0.39 is 0 Å². The van der Waals surface area contributed by atoms with Gasteiger partial charge in [-0.3, -0.25) is 4.79 Å². The summed E-state index contributed by atoms with van der Waals surface area (Å²) in [5.41, 5.74) is 0.